The van der Waals surface area contributed by atoms with Crippen LogP contribution in [-0.2, 0) is 9.59 Å². The Bertz CT molecular complexity index is 217. The molecule has 0 aromatic carbocycles. The third kappa shape index (κ3) is 6.90. The molecule has 1 unspecified atom stereocenters. The van der Waals surface area contributed by atoms with Crippen LogP contribution in [0.1, 0.15) is 27.2 Å². The van der Waals surface area contributed by atoms with Gasteiger partial charge in [-0.25, -0.2) is 0 Å². The van der Waals surface area contributed by atoms with Gasteiger partial charge in [0, 0.05) is 6.54 Å². The van der Waals surface area contributed by atoms with Crippen LogP contribution in [0.4, 0.5) is 0 Å². The van der Waals surface area contributed by atoms with Gasteiger partial charge in [-0.3, -0.25) is 9.59 Å². The molecule has 0 aliphatic carbocycles. The fourth-order valence-corrected chi connectivity index (χ4v) is 1.11. The predicted octanol–water partition coefficient (Wildman–Crippen LogP) is -0.388. The maximum absolute atomic E-state index is 11.2. The SMILES string of the molecule is CCNC(=O)CC(NCC(C)C)C(N)=O. The second-order valence-corrected chi connectivity index (χ2v) is 3.91. The number of primary amides is 1. The van der Waals surface area contributed by atoms with E-state index in [1.165, 1.54) is 0 Å². The van der Waals surface area contributed by atoms with Crippen molar-refractivity contribution in [2.45, 2.75) is 33.2 Å². The fraction of sp³-hybridized carbons (Fsp3) is 0.800. The van der Waals surface area contributed by atoms with E-state index in [1.54, 1.807) is 0 Å². The minimum Gasteiger partial charge on any atom is -0.368 e. The van der Waals surface area contributed by atoms with Gasteiger partial charge in [0.15, 0.2) is 0 Å². The van der Waals surface area contributed by atoms with Crippen LogP contribution in [-0.4, -0.2) is 30.9 Å². The maximum Gasteiger partial charge on any atom is 0.235 e. The normalized spacial score (nSPS) is 12.5. The largest absolute Gasteiger partial charge is 0.368 e. The van der Waals surface area contributed by atoms with Gasteiger partial charge in [-0.05, 0) is 19.4 Å². The van der Waals surface area contributed by atoms with Crippen LogP contribution in [0.2, 0.25) is 0 Å². The Balaban J connectivity index is 4.04. The molecule has 2 amide bonds. The van der Waals surface area contributed by atoms with E-state index in [-0.39, 0.29) is 12.3 Å². The van der Waals surface area contributed by atoms with Gasteiger partial charge in [-0.15, -0.1) is 0 Å². The Morgan fingerprint density at radius 2 is 1.93 bits per heavy atom. The smallest absolute Gasteiger partial charge is 0.235 e. The number of nitrogens with one attached hydrogen (secondary N) is 2. The molecule has 15 heavy (non-hydrogen) atoms. The summed E-state index contributed by atoms with van der Waals surface area (Å²) < 4.78 is 0. The summed E-state index contributed by atoms with van der Waals surface area (Å²) in [5.41, 5.74) is 5.19. The van der Waals surface area contributed by atoms with E-state index >= 15 is 0 Å². The number of rotatable bonds is 7. The van der Waals surface area contributed by atoms with E-state index < -0.39 is 11.9 Å². The summed E-state index contributed by atoms with van der Waals surface area (Å²) in [6, 6.07) is -0.570. The Kier molecular flexibility index (Phi) is 6.70. The van der Waals surface area contributed by atoms with Crippen molar-refractivity contribution >= 4 is 11.8 Å². The topological polar surface area (TPSA) is 84.2 Å². The van der Waals surface area contributed by atoms with Crippen molar-refractivity contribution in [3.63, 3.8) is 0 Å². The zero-order valence-electron chi connectivity index (χ0n) is 9.67. The molecule has 5 nitrogen and oxygen atoms in total. The molecule has 4 N–H and O–H groups in total. The van der Waals surface area contributed by atoms with E-state index in [1.807, 2.05) is 20.8 Å². The summed E-state index contributed by atoms with van der Waals surface area (Å²) in [6.07, 6.45) is 0.107. The summed E-state index contributed by atoms with van der Waals surface area (Å²) in [6.45, 7) is 7.12. The number of nitrogens with two attached hydrogens (primary N) is 1. The van der Waals surface area contributed by atoms with E-state index in [4.69, 9.17) is 5.73 Å². The fourth-order valence-electron chi connectivity index (χ4n) is 1.11. The van der Waals surface area contributed by atoms with Gasteiger partial charge in [-0.2, -0.15) is 0 Å². The standard InChI is InChI=1S/C10H21N3O2/c1-4-12-9(14)5-8(10(11)15)13-6-7(2)3/h7-8,13H,4-6H2,1-3H3,(H2,11,15)(H,12,14). The Labute approximate surface area is 90.8 Å². The zero-order chi connectivity index (χ0) is 11.8. The quantitative estimate of drug-likeness (QED) is 0.541. The molecule has 0 rings (SSSR count). The van der Waals surface area contributed by atoms with Crippen LogP contribution >= 0.6 is 0 Å². The van der Waals surface area contributed by atoms with Gasteiger partial charge >= 0.3 is 0 Å². The molecule has 88 valence electrons. The van der Waals surface area contributed by atoms with E-state index in [2.05, 4.69) is 10.6 Å². The maximum atomic E-state index is 11.2. The molecule has 5 heteroatoms. The molecule has 1 atom stereocenters. The van der Waals surface area contributed by atoms with Gasteiger partial charge in [0.05, 0.1) is 12.5 Å². The molecular weight excluding hydrogens is 194 g/mol. The minimum absolute atomic E-state index is 0.107. The molecule has 0 aliphatic rings. The van der Waals surface area contributed by atoms with Crippen molar-refractivity contribution in [2.24, 2.45) is 11.7 Å². The first-order valence-electron chi connectivity index (χ1n) is 5.26. The van der Waals surface area contributed by atoms with Gasteiger partial charge in [-0.1, -0.05) is 13.8 Å². The first-order valence-corrected chi connectivity index (χ1v) is 5.26. The van der Waals surface area contributed by atoms with Crippen LogP contribution in [0.15, 0.2) is 0 Å². The molecular formula is C10H21N3O2. The summed E-state index contributed by atoms with van der Waals surface area (Å²) in [7, 11) is 0. The third-order valence-electron chi connectivity index (χ3n) is 1.88. The number of hydrogen-bond donors (Lipinski definition) is 3. The average Bonchev–Trinajstić information content (AvgIpc) is 2.11. The van der Waals surface area contributed by atoms with Crippen molar-refractivity contribution in [2.75, 3.05) is 13.1 Å². The highest BCUT2D eigenvalue weighted by atomic mass is 16.2. The molecule has 0 spiro atoms. The Morgan fingerprint density at radius 1 is 1.33 bits per heavy atom. The van der Waals surface area contributed by atoms with Crippen LogP contribution in [0.3, 0.4) is 0 Å². The van der Waals surface area contributed by atoms with Gasteiger partial charge < -0.3 is 16.4 Å². The lowest BCUT2D eigenvalue weighted by atomic mass is 10.1. The summed E-state index contributed by atoms with van der Waals surface area (Å²) in [5.74, 6) is -0.222. The van der Waals surface area contributed by atoms with E-state index in [0.717, 1.165) is 0 Å². The molecule has 0 aromatic rings. The average molecular weight is 215 g/mol. The molecule has 0 radical (unpaired) electrons. The van der Waals surface area contributed by atoms with Crippen molar-refractivity contribution in [1.29, 1.82) is 0 Å². The monoisotopic (exact) mass is 215 g/mol. The van der Waals surface area contributed by atoms with Crippen LogP contribution < -0.4 is 16.4 Å². The summed E-state index contributed by atoms with van der Waals surface area (Å²) in [4.78, 5) is 22.3. The molecule has 0 saturated heterocycles. The molecule has 0 aliphatic heterocycles. The first-order chi connectivity index (χ1) is 6.97. The lowest BCUT2D eigenvalue weighted by molar-refractivity contribution is -0.126. The lowest BCUT2D eigenvalue weighted by Crippen LogP contribution is -2.45. The van der Waals surface area contributed by atoms with Crippen molar-refractivity contribution < 1.29 is 9.59 Å². The van der Waals surface area contributed by atoms with Gasteiger partial charge in [0.1, 0.15) is 0 Å². The van der Waals surface area contributed by atoms with E-state index in [9.17, 15) is 9.59 Å². The number of carbonyl (C=O) groups is 2. The predicted molar refractivity (Wildman–Crippen MR) is 59.1 cm³/mol. The van der Waals surface area contributed by atoms with Gasteiger partial charge in [0.2, 0.25) is 11.8 Å². The minimum atomic E-state index is -0.570. The molecule has 0 aromatic heterocycles. The number of hydrogen-bond acceptors (Lipinski definition) is 3. The Morgan fingerprint density at radius 3 is 2.33 bits per heavy atom. The number of amides is 2. The number of carbonyl (C=O) groups excluding carboxylic acids is 2. The second kappa shape index (κ2) is 7.23. The van der Waals surface area contributed by atoms with Crippen LogP contribution in [0.5, 0.6) is 0 Å². The second-order valence-electron chi connectivity index (χ2n) is 3.91. The zero-order valence-corrected chi connectivity index (χ0v) is 9.67. The molecule has 0 fully saturated rings. The lowest BCUT2D eigenvalue weighted by Gasteiger charge is -2.16. The highest BCUT2D eigenvalue weighted by molar-refractivity contribution is 5.87. The highest BCUT2D eigenvalue weighted by Crippen LogP contribution is 1.95. The Hall–Kier alpha value is -1.10. The highest BCUT2D eigenvalue weighted by Gasteiger charge is 2.18. The third-order valence-corrected chi connectivity index (χ3v) is 1.88. The molecule has 0 saturated carbocycles. The van der Waals surface area contributed by atoms with Crippen LogP contribution in [0, 0.1) is 5.92 Å². The van der Waals surface area contributed by atoms with Crippen LogP contribution in [0.25, 0.3) is 0 Å². The molecule has 0 bridgehead atoms. The van der Waals surface area contributed by atoms with Gasteiger partial charge in [0.25, 0.3) is 0 Å². The molecule has 0 heterocycles. The summed E-state index contributed by atoms with van der Waals surface area (Å²) in [5, 5.41) is 5.60. The van der Waals surface area contributed by atoms with E-state index in [0.29, 0.717) is 19.0 Å². The summed E-state index contributed by atoms with van der Waals surface area (Å²) >= 11 is 0. The first kappa shape index (κ1) is 13.9. The van der Waals surface area contributed by atoms with Crippen molar-refractivity contribution in [1.82, 2.24) is 10.6 Å². The van der Waals surface area contributed by atoms with Crippen molar-refractivity contribution in [3.8, 4) is 0 Å². The van der Waals surface area contributed by atoms with Crippen molar-refractivity contribution in [3.05, 3.63) is 0 Å².